The molecule has 4 aromatic rings. The molecule has 15 heteroatoms. The van der Waals surface area contributed by atoms with Crippen LogP contribution in [0, 0.1) is 18.8 Å². The van der Waals surface area contributed by atoms with Crippen LogP contribution in [0.5, 0.6) is 0 Å². The summed E-state index contributed by atoms with van der Waals surface area (Å²) in [5.41, 5.74) is 10.8. The number of hydrogen-bond acceptors (Lipinski definition) is 11. The minimum atomic E-state index is -1.01. The maximum atomic E-state index is 14.2. The van der Waals surface area contributed by atoms with E-state index in [4.69, 9.17) is 10.5 Å². The molecule has 57 heavy (non-hydrogen) atoms. The molecule has 1 aliphatic carbocycles. The van der Waals surface area contributed by atoms with Crippen molar-refractivity contribution in [2.75, 3.05) is 37.6 Å². The van der Waals surface area contributed by atoms with Gasteiger partial charge in [0, 0.05) is 42.4 Å². The molecule has 0 aliphatic heterocycles. The van der Waals surface area contributed by atoms with Crippen LogP contribution in [-0.2, 0) is 20.7 Å². The predicted molar refractivity (Wildman–Crippen MR) is 218 cm³/mol. The second-order valence-electron chi connectivity index (χ2n) is 15.5. The van der Waals surface area contributed by atoms with Crippen LogP contribution in [0.1, 0.15) is 82.0 Å². The molecule has 304 valence electrons. The number of aryl methyl sites for hydroxylation is 1. The zero-order valence-corrected chi connectivity index (χ0v) is 33.9. The van der Waals surface area contributed by atoms with Crippen LogP contribution in [0.15, 0.2) is 60.7 Å². The Balaban J connectivity index is 1.25. The summed E-state index contributed by atoms with van der Waals surface area (Å²) in [4.78, 5) is 61.4. The van der Waals surface area contributed by atoms with Crippen LogP contribution in [0.4, 0.5) is 10.5 Å². The van der Waals surface area contributed by atoms with Crippen LogP contribution < -0.4 is 21.3 Å². The minimum absolute atomic E-state index is 0.190. The molecule has 2 aromatic heterocycles. The molecule has 5 N–H and O–H groups in total. The zero-order chi connectivity index (χ0) is 41.1. The molecular weight excluding hydrogens is 725 g/mol. The molecule has 0 radical (unpaired) electrons. The molecule has 4 amide bonds. The third-order valence-electron chi connectivity index (χ3n) is 10.3. The first-order chi connectivity index (χ1) is 27.3. The van der Waals surface area contributed by atoms with Crippen LogP contribution in [0.25, 0.3) is 22.5 Å². The number of nitrogens with one attached hydrogen (secondary N) is 3. The van der Waals surface area contributed by atoms with E-state index in [0.717, 1.165) is 42.0 Å². The van der Waals surface area contributed by atoms with Crippen molar-refractivity contribution < 1.29 is 23.9 Å². The van der Waals surface area contributed by atoms with Gasteiger partial charge < -0.3 is 26.0 Å². The molecule has 1 fully saturated rings. The number of amides is 4. The molecule has 0 spiro atoms. The predicted octanol–water partition coefficient (Wildman–Crippen LogP) is 5.07. The Morgan fingerprint density at radius 3 is 2.18 bits per heavy atom. The van der Waals surface area contributed by atoms with E-state index in [2.05, 4.69) is 55.0 Å². The van der Waals surface area contributed by atoms with Gasteiger partial charge in [-0.25, -0.2) is 14.7 Å². The van der Waals surface area contributed by atoms with Gasteiger partial charge in [-0.1, -0.05) is 44.2 Å². The van der Waals surface area contributed by atoms with Crippen LogP contribution >= 0.6 is 0 Å². The first-order valence-corrected chi connectivity index (χ1v) is 19.8. The standard InChI is InChI=1S/C42H56N10O5/c1-7-51(8-2)24-23-44-38(53)36-22-21-34(27(3)46-36)30-13-9-28(10-14-30)25-35(43)40(55)52(33-19-17-31(18-20-33)37-47-49-50-48-37)39(54)32-15-11-29(12-16-32)26-45-41(56)57-42(4,5)6/h9-10,13-14,17-22,29,32,35H,7-8,11-12,15-16,23-26,43H2,1-6H3,(H,44,53)(H,45,56)(H,47,48,49,50)/t29?,32?,35-/m0/s1. The van der Waals surface area contributed by atoms with Gasteiger partial charge in [0.25, 0.3) is 11.8 Å². The number of nitrogens with zero attached hydrogens (tertiary/aromatic N) is 6. The minimum Gasteiger partial charge on any atom is -0.444 e. The molecule has 15 nitrogen and oxygen atoms in total. The van der Waals surface area contributed by atoms with Gasteiger partial charge in [-0.05, 0) is 125 Å². The number of ether oxygens (including phenoxy) is 1. The summed E-state index contributed by atoms with van der Waals surface area (Å²) in [5.74, 6) is -0.831. The summed E-state index contributed by atoms with van der Waals surface area (Å²) in [6.07, 6.45) is 2.30. The number of carbonyl (C=O) groups excluding carboxylic acids is 4. The average Bonchev–Trinajstić information content (AvgIpc) is 3.74. The number of anilines is 1. The van der Waals surface area contributed by atoms with Gasteiger partial charge in [0.2, 0.25) is 11.7 Å². The second kappa shape index (κ2) is 19.6. The molecule has 0 bridgehead atoms. The number of aromatic nitrogens is 5. The van der Waals surface area contributed by atoms with Crippen molar-refractivity contribution in [3.8, 4) is 22.5 Å². The van der Waals surface area contributed by atoms with Crippen molar-refractivity contribution in [1.82, 2.24) is 41.1 Å². The fraction of sp³-hybridized carbons (Fsp3) is 0.476. The number of imide groups is 1. The summed E-state index contributed by atoms with van der Waals surface area (Å²) in [7, 11) is 0. The van der Waals surface area contributed by atoms with Crippen LogP contribution in [0.2, 0.25) is 0 Å². The Morgan fingerprint density at radius 1 is 0.912 bits per heavy atom. The monoisotopic (exact) mass is 780 g/mol. The van der Waals surface area contributed by atoms with Crippen LogP contribution in [0.3, 0.4) is 0 Å². The van der Waals surface area contributed by atoms with Gasteiger partial charge in [0.1, 0.15) is 11.3 Å². The highest BCUT2D eigenvalue weighted by Crippen LogP contribution is 2.32. The number of rotatable bonds is 15. The van der Waals surface area contributed by atoms with E-state index in [1.54, 1.807) is 30.3 Å². The summed E-state index contributed by atoms with van der Waals surface area (Å²) in [6.45, 7) is 15.1. The highest BCUT2D eigenvalue weighted by atomic mass is 16.6. The first-order valence-electron chi connectivity index (χ1n) is 19.8. The molecule has 1 aliphatic rings. The lowest BCUT2D eigenvalue weighted by molar-refractivity contribution is -0.130. The van der Waals surface area contributed by atoms with Crippen LogP contribution in [-0.4, -0.2) is 98.7 Å². The molecule has 2 heterocycles. The molecule has 5 rings (SSSR count). The second-order valence-corrected chi connectivity index (χ2v) is 15.5. The van der Waals surface area contributed by atoms with Crippen molar-refractivity contribution in [2.24, 2.45) is 17.6 Å². The van der Waals surface area contributed by atoms with Crippen molar-refractivity contribution in [1.29, 1.82) is 0 Å². The maximum Gasteiger partial charge on any atom is 0.407 e. The van der Waals surface area contributed by atoms with E-state index in [-0.39, 0.29) is 24.2 Å². The summed E-state index contributed by atoms with van der Waals surface area (Å²) in [6, 6.07) is 17.2. The van der Waals surface area contributed by atoms with E-state index in [0.29, 0.717) is 61.5 Å². The third kappa shape index (κ3) is 11.7. The number of alkyl carbamates (subject to hydrolysis) is 1. The molecule has 0 unspecified atom stereocenters. The van der Waals surface area contributed by atoms with Gasteiger partial charge in [-0.15, -0.1) is 10.2 Å². The van der Waals surface area contributed by atoms with Crippen molar-refractivity contribution >= 4 is 29.5 Å². The highest BCUT2D eigenvalue weighted by Gasteiger charge is 2.35. The Bertz CT molecular complexity index is 1950. The number of aromatic amines is 1. The number of H-pyrrole nitrogens is 1. The van der Waals surface area contributed by atoms with Gasteiger partial charge in [0.05, 0.1) is 11.7 Å². The van der Waals surface area contributed by atoms with E-state index >= 15 is 0 Å². The van der Waals surface area contributed by atoms with Gasteiger partial charge in [0.15, 0.2) is 0 Å². The van der Waals surface area contributed by atoms with Crippen molar-refractivity contribution in [3.05, 3.63) is 77.6 Å². The van der Waals surface area contributed by atoms with Gasteiger partial charge in [-0.3, -0.25) is 14.4 Å². The van der Waals surface area contributed by atoms with E-state index in [9.17, 15) is 19.2 Å². The lowest BCUT2D eigenvalue weighted by Crippen LogP contribution is -2.50. The third-order valence-corrected chi connectivity index (χ3v) is 10.3. The Hall–Kier alpha value is -5.54. The zero-order valence-electron chi connectivity index (χ0n) is 33.9. The number of nitrogens with two attached hydrogens (primary N) is 1. The lowest BCUT2D eigenvalue weighted by atomic mass is 9.81. The van der Waals surface area contributed by atoms with Crippen molar-refractivity contribution in [2.45, 2.75) is 85.3 Å². The summed E-state index contributed by atoms with van der Waals surface area (Å²) < 4.78 is 5.36. The fourth-order valence-electron chi connectivity index (χ4n) is 7.02. The number of likely N-dealkylation sites (N-methyl/N-ethyl adjacent to an activating group) is 1. The molecule has 1 saturated carbocycles. The molecular formula is C42H56N10O5. The smallest absolute Gasteiger partial charge is 0.407 e. The van der Waals surface area contributed by atoms with Gasteiger partial charge >= 0.3 is 6.09 Å². The number of hydrogen-bond donors (Lipinski definition) is 4. The number of benzene rings is 2. The molecule has 2 aromatic carbocycles. The lowest BCUT2D eigenvalue weighted by Gasteiger charge is -2.32. The number of carbonyl (C=O) groups is 4. The van der Waals surface area contributed by atoms with E-state index < -0.39 is 29.6 Å². The largest absolute Gasteiger partial charge is 0.444 e. The average molecular weight is 781 g/mol. The number of pyridine rings is 1. The highest BCUT2D eigenvalue weighted by molar-refractivity contribution is 6.17. The Kier molecular flexibility index (Phi) is 14.6. The number of tetrazole rings is 1. The molecule has 1 atom stereocenters. The summed E-state index contributed by atoms with van der Waals surface area (Å²) >= 11 is 0. The van der Waals surface area contributed by atoms with E-state index in [1.165, 1.54) is 4.90 Å². The normalized spacial score (nSPS) is 16.1. The van der Waals surface area contributed by atoms with E-state index in [1.807, 2.05) is 58.0 Å². The first kappa shape index (κ1) is 42.6. The Morgan fingerprint density at radius 2 is 1.58 bits per heavy atom. The van der Waals surface area contributed by atoms with Gasteiger partial charge in [-0.2, -0.15) is 5.21 Å². The topological polar surface area (TPSA) is 201 Å². The maximum absolute atomic E-state index is 14.2. The molecule has 0 saturated heterocycles. The quantitative estimate of drug-likeness (QED) is 0.126. The Labute approximate surface area is 334 Å². The van der Waals surface area contributed by atoms with Crippen molar-refractivity contribution in [3.63, 3.8) is 0 Å². The fourth-order valence-corrected chi connectivity index (χ4v) is 7.02. The SMILES string of the molecule is CCN(CC)CCNC(=O)c1ccc(-c2ccc(C[C@H](N)C(=O)N(C(=O)C3CCC(CNC(=O)OC(C)(C)C)CC3)c3ccc(-c4nn[nH]n4)cc3)cc2)c(C)n1. The summed E-state index contributed by atoms with van der Waals surface area (Å²) in [5, 5.41) is 19.9.